The first-order valence-electron chi connectivity index (χ1n) is 13.5. The molecule has 42 heavy (non-hydrogen) atoms. The molecule has 0 bridgehead atoms. The number of anilines is 1. The number of methoxy groups -OCH3 is 1. The molecule has 5 rings (SSSR count). The van der Waals surface area contributed by atoms with Gasteiger partial charge in [-0.05, 0) is 66.3 Å². The van der Waals surface area contributed by atoms with E-state index < -0.39 is 15.9 Å². The molecular formula is C31H32B2N2O5S2. The summed E-state index contributed by atoms with van der Waals surface area (Å²) in [5.74, 6) is 1.97. The maximum atomic E-state index is 12.8. The summed E-state index contributed by atoms with van der Waals surface area (Å²) in [6.45, 7) is 8.25. The summed E-state index contributed by atoms with van der Waals surface area (Å²) in [4.78, 5) is 6.77. The molecule has 11 heteroatoms. The normalized spacial score (nSPS) is 13.7. The van der Waals surface area contributed by atoms with Crippen LogP contribution in [0.25, 0.3) is 5.76 Å². The molecule has 0 radical (unpaired) electrons. The minimum absolute atomic E-state index is 0.268. The van der Waals surface area contributed by atoms with Gasteiger partial charge in [-0.15, -0.1) is 0 Å². The monoisotopic (exact) mass is 598 g/mol. The molecule has 0 saturated heterocycles. The molecule has 3 aromatic carbocycles. The minimum atomic E-state index is -3.30. The molecule has 0 aliphatic heterocycles. The number of aromatic nitrogens is 1. The van der Waals surface area contributed by atoms with Crippen molar-refractivity contribution >= 4 is 58.7 Å². The first kappa shape index (κ1) is 29.5. The van der Waals surface area contributed by atoms with E-state index >= 15 is 0 Å². The van der Waals surface area contributed by atoms with E-state index in [1.165, 1.54) is 11.3 Å². The van der Waals surface area contributed by atoms with Crippen molar-refractivity contribution in [2.24, 2.45) is 0 Å². The minimum Gasteiger partial charge on any atom is -0.497 e. The molecule has 0 N–H and O–H groups in total. The molecule has 1 aromatic heterocycles. The Balaban J connectivity index is 1.38. The number of hydrogen-bond donors (Lipinski definition) is 0. The lowest BCUT2D eigenvalue weighted by Gasteiger charge is -2.28. The maximum Gasteiger partial charge on any atom is 0.202 e. The Morgan fingerprint density at radius 1 is 1.05 bits per heavy atom. The topological polar surface area (TPSA) is 78.0 Å². The van der Waals surface area contributed by atoms with Gasteiger partial charge in [-0.3, -0.25) is 0 Å². The van der Waals surface area contributed by atoms with Gasteiger partial charge in [0.1, 0.15) is 33.0 Å². The van der Waals surface area contributed by atoms with Gasteiger partial charge in [0, 0.05) is 12.6 Å². The van der Waals surface area contributed by atoms with Crippen LogP contribution in [0.4, 0.5) is 5.13 Å². The van der Waals surface area contributed by atoms with E-state index in [9.17, 15) is 8.42 Å². The molecule has 0 amide bonds. The van der Waals surface area contributed by atoms with Crippen molar-refractivity contribution in [1.82, 2.24) is 4.98 Å². The lowest BCUT2D eigenvalue weighted by molar-refractivity contribution is 0.242. The summed E-state index contributed by atoms with van der Waals surface area (Å²) >= 11 is 1.37. The van der Waals surface area contributed by atoms with Crippen LogP contribution in [-0.4, -0.2) is 48.5 Å². The molecule has 1 atom stereocenters. The highest BCUT2D eigenvalue weighted by Crippen LogP contribution is 2.38. The number of rotatable bonds is 12. The highest BCUT2D eigenvalue weighted by atomic mass is 32.2. The first-order valence-corrected chi connectivity index (χ1v) is 15.9. The van der Waals surface area contributed by atoms with Gasteiger partial charge in [0.2, 0.25) is 5.06 Å². The summed E-state index contributed by atoms with van der Waals surface area (Å²) in [6.07, 6.45) is 2.52. The van der Waals surface area contributed by atoms with E-state index in [4.69, 9.17) is 14.2 Å². The predicted molar refractivity (Wildman–Crippen MR) is 175 cm³/mol. The molecule has 1 fully saturated rings. The molecule has 214 valence electrons. The fraction of sp³-hybridized carbons (Fsp3) is 0.194. The number of thiazole rings is 1. The molecule has 0 spiro atoms. The SMILES string of the molecule is Bc1ccc(OC(C(=C)N(C)c2ncc(Oc3ccc(C(=C)OC)cc3)s2)c2ccc(S(=O)(=O)C3CC3)cc2)c(B)c1. The van der Waals surface area contributed by atoms with Crippen LogP contribution in [0, 0.1) is 0 Å². The van der Waals surface area contributed by atoms with Gasteiger partial charge in [0.15, 0.2) is 21.1 Å². The highest BCUT2D eigenvalue weighted by molar-refractivity contribution is 7.92. The van der Waals surface area contributed by atoms with Crippen LogP contribution < -0.4 is 25.3 Å². The van der Waals surface area contributed by atoms with Crippen molar-refractivity contribution in [3.05, 3.63) is 103 Å². The van der Waals surface area contributed by atoms with Crippen molar-refractivity contribution in [3.63, 3.8) is 0 Å². The van der Waals surface area contributed by atoms with E-state index in [1.807, 2.05) is 64.0 Å². The van der Waals surface area contributed by atoms with E-state index in [0.717, 1.165) is 40.6 Å². The summed E-state index contributed by atoms with van der Waals surface area (Å²) in [5.41, 5.74) is 4.42. The van der Waals surface area contributed by atoms with Crippen molar-refractivity contribution in [1.29, 1.82) is 0 Å². The number of ether oxygens (including phenoxy) is 3. The van der Waals surface area contributed by atoms with Crippen LogP contribution in [-0.2, 0) is 14.6 Å². The Hall–Kier alpha value is -3.95. The standard InChI is InChI=1S/C31H32B2N2O5S2/c1-19(35(3)31-34-18-29(41-31)39-24-10-5-21(6-11-24)20(2)38-4)30(40-28-16-9-23(32)17-27(28)33)22-7-12-25(13-8-22)42(36,37)26-14-15-26/h5-13,16-18,26,30H,1-2,14-15,32-33H2,3-4H3. The summed E-state index contributed by atoms with van der Waals surface area (Å²) in [5, 5.41) is 1.02. The van der Waals surface area contributed by atoms with Gasteiger partial charge in [-0.25, -0.2) is 13.4 Å². The van der Waals surface area contributed by atoms with Crippen LogP contribution in [0.2, 0.25) is 0 Å². The van der Waals surface area contributed by atoms with Crippen LogP contribution in [0.1, 0.15) is 30.1 Å². The van der Waals surface area contributed by atoms with Crippen LogP contribution in [0.15, 0.2) is 96.7 Å². The second-order valence-electron chi connectivity index (χ2n) is 10.3. The largest absolute Gasteiger partial charge is 0.497 e. The second-order valence-corrected chi connectivity index (χ2v) is 13.5. The molecule has 1 heterocycles. The van der Waals surface area contributed by atoms with Gasteiger partial charge in [-0.2, -0.15) is 0 Å². The fourth-order valence-corrected chi connectivity index (χ4v) is 6.92. The number of nitrogens with zero attached hydrogens (tertiary/aromatic N) is 2. The third-order valence-electron chi connectivity index (χ3n) is 7.18. The van der Waals surface area contributed by atoms with Crippen molar-refractivity contribution in [3.8, 4) is 16.6 Å². The summed E-state index contributed by atoms with van der Waals surface area (Å²) < 4.78 is 43.3. The van der Waals surface area contributed by atoms with Gasteiger partial charge in [-0.1, -0.05) is 54.2 Å². The highest BCUT2D eigenvalue weighted by Gasteiger charge is 2.37. The van der Waals surface area contributed by atoms with Gasteiger partial charge in [0.25, 0.3) is 0 Å². The van der Waals surface area contributed by atoms with Gasteiger partial charge in [0.05, 0.1) is 29.1 Å². The Morgan fingerprint density at radius 3 is 2.36 bits per heavy atom. The number of hydrogen-bond acceptors (Lipinski definition) is 8. The lowest BCUT2D eigenvalue weighted by atomic mass is 9.87. The van der Waals surface area contributed by atoms with Crippen molar-refractivity contribution < 1.29 is 22.6 Å². The molecule has 1 saturated carbocycles. The summed E-state index contributed by atoms with van der Waals surface area (Å²) in [6, 6.07) is 20.4. The number of likely N-dealkylation sites (N-methyl/N-ethyl adjacent to an activating group) is 1. The first-order chi connectivity index (χ1) is 20.1. The van der Waals surface area contributed by atoms with Gasteiger partial charge >= 0.3 is 0 Å². The van der Waals surface area contributed by atoms with Crippen LogP contribution >= 0.6 is 11.3 Å². The Labute approximate surface area is 253 Å². The van der Waals surface area contributed by atoms with Crippen molar-refractivity contribution in [2.75, 3.05) is 19.1 Å². The Kier molecular flexibility index (Phi) is 8.52. The molecule has 1 unspecified atom stereocenters. The van der Waals surface area contributed by atoms with E-state index in [-0.39, 0.29) is 5.25 Å². The number of sulfone groups is 1. The fourth-order valence-electron chi connectivity index (χ4n) is 4.48. The average Bonchev–Trinajstić information content (AvgIpc) is 3.76. The molecule has 4 aromatic rings. The third-order valence-corrected chi connectivity index (χ3v) is 10.4. The van der Waals surface area contributed by atoms with E-state index in [0.29, 0.717) is 32.3 Å². The maximum absolute atomic E-state index is 12.8. The Bertz CT molecular complexity index is 1720. The Morgan fingerprint density at radius 2 is 1.74 bits per heavy atom. The quantitative estimate of drug-likeness (QED) is 0.182. The van der Waals surface area contributed by atoms with Crippen LogP contribution in [0.5, 0.6) is 16.6 Å². The molecule has 1 aliphatic rings. The second kappa shape index (κ2) is 12.1. The smallest absolute Gasteiger partial charge is 0.202 e. The van der Waals surface area contributed by atoms with Crippen molar-refractivity contribution in [2.45, 2.75) is 29.1 Å². The van der Waals surface area contributed by atoms with E-state index in [1.54, 1.807) is 37.6 Å². The average molecular weight is 598 g/mol. The van der Waals surface area contributed by atoms with Gasteiger partial charge < -0.3 is 19.1 Å². The molecule has 1 aliphatic carbocycles. The van der Waals surface area contributed by atoms with E-state index in [2.05, 4.69) is 24.2 Å². The predicted octanol–water partition coefficient (Wildman–Crippen LogP) is 3.78. The zero-order valence-electron chi connectivity index (χ0n) is 24.2. The molecular weight excluding hydrogens is 566 g/mol. The zero-order valence-corrected chi connectivity index (χ0v) is 25.8. The number of benzene rings is 3. The van der Waals surface area contributed by atoms with Crippen LogP contribution in [0.3, 0.4) is 0 Å². The lowest BCUT2D eigenvalue weighted by Crippen LogP contribution is -2.26. The molecule has 7 nitrogen and oxygen atoms in total. The zero-order chi connectivity index (χ0) is 30.0. The summed E-state index contributed by atoms with van der Waals surface area (Å²) in [7, 11) is 4.20. The third kappa shape index (κ3) is 6.42.